The quantitative estimate of drug-likeness (QED) is 0.630. The van der Waals surface area contributed by atoms with E-state index >= 15 is 0 Å². The lowest BCUT2D eigenvalue weighted by molar-refractivity contribution is 0.297. The third-order valence-corrected chi connectivity index (χ3v) is 4.30. The zero-order valence-electron chi connectivity index (χ0n) is 14.6. The van der Waals surface area contributed by atoms with E-state index in [0.717, 1.165) is 17.0 Å². The van der Waals surface area contributed by atoms with Crippen LogP contribution >= 0.6 is 0 Å². The van der Waals surface area contributed by atoms with Gasteiger partial charge in [0, 0.05) is 23.4 Å². The minimum absolute atomic E-state index is 0.216. The number of hydrogen-bond acceptors (Lipinski definition) is 2. The van der Waals surface area contributed by atoms with E-state index in [0.29, 0.717) is 12.1 Å². The Balaban J connectivity index is 1.68. The molecular formula is C22H22FNO. The molecule has 3 aromatic carbocycles. The summed E-state index contributed by atoms with van der Waals surface area (Å²) in [6.07, 6.45) is 0. The second-order valence-electron chi connectivity index (χ2n) is 6.14. The van der Waals surface area contributed by atoms with Crippen LogP contribution in [0.4, 0.5) is 10.1 Å². The minimum Gasteiger partial charge on any atom is -0.488 e. The number of halogens is 1. The van der Waals surface area contributed by atoms with Gasteiger partial charge >= 0.3 is 0 Å². The highest BCUT2D eigenvalue weighted by Gasteiger charge is 2.06. The third-order valence-electron chi connectivity index (χ3n) is 4.30. The fourth-order valence-electron chi connectivity index (χ4n) is 2.61. The van der Waals surface area contributed by atoms with Crippen LogP contribution in [0, 0.1) is 19.7 Å². The Morgan fingerprint density at radius 2 is 1.56 bits per heavy atom. The Hall–Kier alpha value is -2.81. The van der Waals surface area contributed by atoms with Gasteiger partial charge in [0.25, 0.3) is 0 Å². The van der Waals surface area contributed by atoms with Gasteiger partial charge in [-0.2, -0.15) is 0 Å². The van der Waals surface area contributed by atoms with E-state index in [1.165, 1.54) is 17.2 Å². The van der Waals surface area contributed by atoms with Gasteiger partial charge < -0.3 is 10.1 Å². The van der Waals surface area contributed by atoms with Crippen LogP contribution < -0.4 is 10.1 Å². The molecule has 0 saturated heterocycles. The molecule has 0 saturated carbocycles. The third kappa shape index (κ3) is 4.38. The molecule has 0 fully saturated rings. The zero-order valence-corrected chi connectivity index (χ0v) is 14.6. The van der Waals surface area contributed by atoms with Crippen molar-refractivity contribution in [1.29, 1.82) is 0 Å². The maximum atomic E-state index is 13.7. The first-order valence-electron chi connectivity index (χ1n) is 8.39. The standard InChI is InChI=1S/C22H22FNO/c1-16-11-12-20(13-17(16)2)24-14-18-7-4-6-10-22(18)25-15-19-8-3-5-9-21(19)23/h3-13,24H,14-15H2,1-2H3. The van der Waals surface area contributed by atoms with Crippen molar-refractivity contribution in [2.75, 3.05) is 5.32 Å². The maximum absolute atomic E-state index is 13.7. The number of hydrogen-bond donors (Lipinski definition) is 1. The molecule has 0 atom stereocenters. The second kappa shape index (κ2) is 7.84. The van der Waals surface area contributed by atoms with Gasteiger partial charge in [-0.3, -0.25) is 0 Å². The molecule has 0 aliphatic rings. The molecule has 0 radical (unpaired) electrons. The van der Waals surface area contributed by atoms with E-state index in [2.05, 4.69) is 37.4 Å². The van der Waals surface area contributed by atoms with E-state index in [1.807, 2.05) is 30.3 Å². The molecule has 25 heavy (non-hydrogen) atoms. The topological polar surface area (TPSA) is 21.3 Å². The first-order valence-corrected chi connectivity index (χ1v) is 8.39. The highest BCUT2D eigenvalue weighted by molar-refractivity contribution is 5.49. The first kappa shape index (κ1) is 17.0. The minimum atomic E-state index is -0.242. The monoisotopic (exact) mass is 335 g/mol. The van der Waals surface area contributed by atoms with Gasteiger partial charge in [0.2, 0.25) is 0 Å². The number of ether oxygens (including phenoxy) is 1. The molecular weight excluding hydrogens is 313 g/mol. The summed E-state index contributed by atoms with van der Waals surface area (Å²) in [5, 5.41) is 3.42. The molecule has 0 spiro atoms. The van der Waals surface area contributed by atoms with Crippen LogP contribution in [0.1, 0.15) is 22.3 Å². The summed E-state index contributed by atoms with van der Waals surface area (Å²) in [6.45, 7) is 5.07. The maximum Gasteiger partial charge on any atom is 0.129 e. The predicted octanol–water partition coefficient (Wildman–Crippen LogP) is 5.63. The van der Waals surface area contributed by atoms with Crippen LogP contribution in [-0.2, 0) is 13.2 Å². The van der Waals surface area contributed by atoms with Gasteiger partial charge in [0.1, 0.15) is 18.2 Å². The summed E-state index contributed by atoms with van der Waals surface area (Å²) in [6, 6.07) is 20.8. The van der Waals surface area contributed by atoms with E-state index in [4.69, 9.17) is 4.74 Å². The molecule has 0 bridgehead atoms. The Morgan fingerprint density at radius 1 is 0.840 bits per heavy atom. The first-order chi connectivity index (χ1) is 12.1. The SMILES string of the molecule is Cc1ccc(NCc2ccccc2OCc2ccccc2F)cc1C. The van der Waals surface area contributed by atoms with Gasteiger partial charge in [-0.1, -0.05) is 42.5 Å². The summed E-state index contributed by atoms with van der Waals surface area (Å²) in [5.41, 5.74) is 5.21. The van der Waals surface area contributed by atoms with E-state index in [-0.39, 0.29) is 12.4 Å². The van der Waals surface area contributed by atoms with E-state index in [1.54, 1.807) is 12.1 Å². The van der Waals surface area contributed by atoms with Gasteiger partial charge in [-0.25, -0.2) is 4.39 Å². The fourth-order valence-corrected chi connectivity index (χ4v) is 2.61. The molecule has 0 heterocycles. The smallest absolute Gasteiger partial charge is 0.129 e. The molecule has 2 nitrogen and oxygen atoms in total. The van der Waals surface area contributed by atoms with E-state index < -0.39 is 0 Å². The Kier molecular flexibility index (Phi) is 5.34. The van der Waals surface area contributed by atoms with Gasteiger partial charge in [-0.15, -0.1) is 0 Å². The zero-order chi connectivity index (χ0) is 17.6. The van der Waals surface area contributed by atoms with Crippen molar-refractivity contribution < 1.29 is 9.13 Å². The summed E-state index contributed by atoms with van der Waals surface area (Å²) in [7, 11) is 0. The molecule has 128 valence electrons. The Bertz CT molecular complexity index is 860. The van der Waals surface area contributed by atoms with Gasteiger partial charge in [0.15, 0.2) is 0 Å². The lowest BCUT2D eigenvalue weighted by Crippen LogP contribution is -2.04. The average Bonchev–Trinajstić information content (AvgIpc) is 2.63. The molecule has 1 N–H and O–H groups in total. The summed E-state index contributed by atoms with van der Waals surface area (Å²) in [4.78, 5) is 0. The number of benzene rings is 3. The molecule has 0 unspecified atom stereocenters. The number of nitrogens with one attached hydrogen (secondary N) is 1. The predicted molar refractivity (Wildman–Crippen MR) is 100 cm³/mol. The fraction of sp³-hybridized carbons (Fsp3) is 0.182. The van der Waals surface area contributed by atoms with Crippen molar-refractivity contribution in [3.05, 3.63) is 94.8 Å². The van der Waals surface area contributed by atoms with Gasteiger partial charge in [-0.05, 0) is 49.2 Å². The van der Waals surface area contributed by atoms with Crippen molar-refractivity contribution in [2.45, 2.75) is 27.0 Å². The Morgan fingerprint density at radius 3 is 2.32 bits per heavy atom. The Labute approximate surface area is 148 Å². The highest BCUT2D eigenvalue weighted by Crippen LogP contribution is 2.22. The summed E-state index contributed by atoms with van der Waals surface area (Å²) in [5.74, 6) is 0.523. The summed E-state index contributed by atoms with van der Waals surface area (Å²) < 4.78 is 19.6. The van der Waals surface area contributed by atoms with Crippen LogP contribution in [0.25, 0.3) is 0 Å². The van der Waals surface area contributed by atoms with Crippen molar-refractivity contribution in [1.82, 2.24) is 0 Å². The second-order valence-corrected chi connectivity index (χ2v) is 6.14. The molecule has 0 aromatic heterocycles. The van der Waals surface area contributed by atoms with Crippen molar-refractivity contribution in [3.63, 3.8) is 0 Å². The van der Waals surface area contributed by atoms with Crippen molar-refractivity contribution in [3.8, 4) is 5.75 Å². The molecule has 3 aromatic rings. The van der Waals surface area contributed by atoms with Crippen molar-refractivity contribution >= 4 is 5.69 Å². The van der Waals surface area contributed by atoms with Crippen molar-refractivity contribution in [2.24, 2.45) is 0 Å². The normalized spacial score (nSPS) is 10.5. The number of aryl methyl sites for hydroxylation is 2. The molecule has 0 aliphatic carbocycles. The number of para-hydroxylation sites is 1. The molecule has 0 amide bonds. The molecule has 3 rings (SSSR count). The lowest BCUT2D eigenvalue weighted by Gasteiger charge is -2.14. The number of anilines is 1. The van der Waals surface area contributed by atoms with E-state index in [9.17, 15) is 4.39 Å². The molecule has 3 heteroatoms. The van der Waals surface area contributed by atoms with Crippen LogP contribution in [0.5, 0.6) is 5.75 Å². The largest absolute Gasteiger partial charge is 0.488 e. The number of rotatable bonds is 6. The van der Waals surface area contributed by atoms with Crippen LogP contribution in [0.3, 0.4) is 0 Å². The van der Waals surface area contributed by atoms with Gasteiger partial charge in [0.05, 0.1) is 0 Å². The van der Waals surface area contributed by atoms with Crippen LogP contribution in [0.2, 0.25) is 0 Å². The van der Waals surface area contributed by atoms with Crippen LogP contribution in [-0.4, -0.2) is 0 Å². The molecule has 0 aliphatic heterocycles. The average molecular weight is 335 g/mol. The summed E-state index contributed by atoms with van der Waals surface area (Å²) >= 11 is 0. The van der Waals surface area contributed by atoms with Crippen LogP contribution in [0.15, 0.2) is 66.7 Å². The lowest BCUT2D eigenvalue weighted by atomic mass is 10.1. The highest BCUT2D eigenvalue weighted by atomic mass is 19.1.